The van der Waals surface area contributed by atoms with Crippen molar-refractivity contribution >= 4 is 17.7 Å². The Bertz CT molecular complexity index is 419. The largest absolute Gasteiger partial charge is 0.454 e. The van der Waals surface area contributed by atoms with Crippen molar-refractivity contribution in [2.24, 2.45) is 0 Å². The molecule has 18 heavy (non-hydrogen) atoms. The van der Waals surface area contributed by atoms with Crippen LogP contribution in [-0.2, 0) is 23.9 Å². The van der Waals surface area contributed by atoms with Crippen LogP contribution >= 0.6 is 0 Å². The fraction of sp³-hybridized carbons (Fsp3) is 0.462. The van der Waals surface area contributed by atoms with Gasteiger partial charge in [0.05, 0.1) is 0 Å². The lowest BCUT2D eigenvalue weighted by Crippen LogP contribution is -2.27. The second kappa shape index (κ2) is 6.14. The van der Waals surface area contributed by atoms with Gasteiger partial charge in [-0.15, -0.1) is 0 Å². The number of esters is 2. The van der Waals surface area contributed by atoms with E-state index in [1.54, 1.807) is 0 Å². The van der Waals surface area contributed by atoms with Gasteiger partial charge in [-0.1, -0.05) is 12.2 Å². The molecule has 0 fully saturated rings. The number of hydrogen-bond donors (Lipinski definition) is 0. The molecular formula is C13H16O5. The van der Waals surface area contributed by atoms with E-state index in [0.717, 1.165) is 12.0 Å². The van der Waals surface area contributed by atoms with E-state index in [9.17, 15) is 14.4 Å². The summed E-state index contributed by atoms with van der Waals surface area (Å²) in [5.74, 6) is -2.55. The van der Waals surface area contributed by atoms with Crippen LogP contribution in [-0.4, -0.2) is 30.4 Å². The average Bonchev–Trinajstić information content (AvgIpc) is 2.70. The molecule has 0 aliphatic heterocycles. The van der Waals surface area contributed by atoms with Crippen LogP contribution in [0.2, 0.25) is 0 Å². The Morgan fingerprint density at radius 3 is 2.56 bits per heavy atom. The van der Waals surface area contributed by atoms with Gasteiger partial charge in [0, 0.05) is 5.57 Å². The second-order valence-electron chi connectivity index (χ2n) is 4.28. The summed E-state index contributed by atoms with van der Waals surface area (Å²) in [7, 11) is 0. The Morgan fingerprint density at radius 1 is 1.39 bits per heavy atom. The van der Waals surface area contributed by atoms with Gasteiger partial charge in [0.15, 0.2) is 6.61 Å². The van der Waals surface area contributed by atoms with Crippen molar-refractivity contribution in [2.45, 2.75) is 32.8 Å². The number of Topliss-reactive ketones (excluding diaryl/α,β-unsaturated/α-hetero) is 1. The molecule has 0 saturated heterocycles. The summed E-state index contributed by atoms with van der Waals surface area (Å²) in [6.45, 7) is 6.14. The summed E-state index contributed by atoms with van der Waals surface area (Å²) in [4.78, 5) is 33.7. The normalized spacial score (nSPS) is 17.9. The molecular weight excluding hydrogens is 236 g/mol. The van der Waals surface area contributed by atoms with Gasteiger partial charge in [0.1, 0.15) is 6.10 Å². The summed E-state index contributed by atoms with van der Waals surface area (Å²) in [6.07, 6.45) is 3.01. The lowest BCUT2D eigenvalue weighted by Gasteiger charge is -2.09. The van der Waals surface area contributed by atoms with Crippen molar-refractivity contribution < 1.29 is 23.9 Å². The Kier molecular flexibility index (Phi) is 4.83. The fourth-order valence-corrected chi connectivity index (χ4v) is 1.46. The molecule has 1 unspecified atom stereocenters. The molecule has 0 spiro atoms. The van der Waals surface area contributed by atoms with Gasteiger partial charge in [-0.05, 0) is 32.8 Å². The van der Waals surface area contributed by atoms with Crippen molar-refractivity contribution in [2.75, 3.05) is 6.61 Å². The van der Waals surface area contributed by atoms with E-state index in [-0.39, 0.29) is 11.7 Å². The third-order valence-electron chi connectivity index (χ3n) is 2.46. The number of carbonyl (C=O) groups excluding carboxylic acids is 3. The molecule has 0 heterocycles. The summed E-state index contributed by atoms with van der Waals surface area (Å²) >= 11 is 0. The van der Waals surface area contributed by atoms with Crippen LogP contribution in [0, 0.1) is 0 Å². The Hall–Kier alpha value is -1.91. The molecule has 0 radical (unpaired) electrons. The van der Waals surface area contributed by atoms with Gasteiger partial charge in [-0.2, -0.15) is 0 Å². The highest BCUT2D eigenvalue weighted by molar-refractivity contribution is 6.34. The van der Waals surface area contributed by atoms with E-state index in [4.69, 9.17) is 4.74 Å². The van der Waals surface area contributed by atoms with Gasteiger partial charge < -0.3 is 9.47 Å². The molecule has 5 heteroatoms. The Labute approximate surface area is 105 Å². The minimum Gasteiger partial charge on any atom is -0.454 e. The number of carbonyl (C=O) groups is 3. The first-order valence-electron chi connectivity index (χ1n) is 5.64. The monoisotopic (exact) mass is 252 g/mol. The minimum absolute atomic E-state index is 0.172. The fourth-order valence-electron chi connectivity index (χ4n) is 1.46. The van der Waals surface area contributed by atoms with E-state index in [1.807, 2.05) is 13.0 Å². The molecule has 1 atom stereocenters. The van der Waals surface area contributed by atoms with Crippen molar-refractivity contribution in [3.05, 3.63) is 23.8 Å². The maximum Gasteiger partial charge on any atom is 0.378 e. The zero-order valence-corrected chi connectivity index (χ0v) is 10.5. The number of ether oxygens (including phenoxy) is 2. The van der Waals surface area contributed by atoms with E-state index < -0.39 is 24.3 Å². The summed E-state index contributed by atoms with van der Waals surface area (Å²) in [5, 5.41) is 0. The standard InChI is InChI=1S/C13H16O5/c1-8(2)12(15)17-7-11(14)13(16)18-10-5-4-9(3)6-10/h6,10H,1,4-5,7H2,2-3H3. The molecule has 0 bridgehead atoms. The van der Waals surface area contributed by atoms with Crippen molar-refractivity contribution in [3.8, 4) is 0 Å². The molecule has 1 aliphatic carbocycles. The SMILES string of the molecule is C=C(C)C(=O)OCC(=O)C(=O)OC1C=C(C)CC1. The molecule has 5 nitrogen and oxygen atoms in total. The van der Waals surface area contributed by atoms with Gasteiger partial charge in [-0.3, -0.25) is 4.79 Å². The highest BCUT2D eigenvalue weighted by Gasteiger charge is 2.23. The maximum absolute atomic E-state index is 11.4. The quantitative estimate of drug-likeness (QED) is 0.319. The highest BCUT2D eigenvalue weighted by Crippen LogP contribution is 2.20. The summed E-state index contributed by atoms with van der Waals surface area (Å²) < 4.78 is 9.53. The van der Waals surface area contributed by atoms with E-state index in [0.29, 0.717) is 6.42 Å². The van der Waals surface area contributed by atoms with Crippen LogP contribution in [0.1, 0.15) is 26.7 Å². The first kappa shape index (κ1) is 14.2. The minimum atomic E-state index is -0.972. The zero-order chi connectivity index (χ0) is 13.7. The lowest BCUT2D eigenvalue weighted by atomic mass is 10.3. The van der Waals surface area contributed by atoms with Gasteiger partial charge in [0.25, 0.3) is 5.78 Å². The Balaban J connectivity index is 2.36. The molecule has 1 rings (SSSR count). The summed E-state index contributed by atoms with van der Waals surface area (Å²) in [5.41, 5.74) is 1.31. The number of hydrogen-bond acceptors (Lipinski definition) is 5. The van der Waals surface area contributed by atoms with Crippen LogP contribution in [0.25, 0.3) is 0 Å². The van der Waals surface area contributed by atoms with E-state index >= 15 is 0 Å². The van der Waals surface area contributed by atoms with Gasteiger partial charge in [-0.25, -0.2) is 9.59 Å². The van der Waals surface area contributed by atoms with Crippen LogP contribution in [0.5, 0.6) is 0 Å². The summed E-state index contributed by atoms with van der Waals surface area (Å²) in [6, 6.07) is 0. The van der Waals surface area contributed by atoms with Gasteiger partial charge in [0.2, 0.25) is 0 Å². The zero-order valence-electron chi connectivity index (χ0n) is 10.5. The molecule has 0 N–H and O–H groups in total. The molecule has 98 valence electrons. The lowest BCUT2D eigenvalue weighted by molar-refractivity contribution is -0.160. The van der Waals surface area contributed by atoms with Crippen molar-refractivity contribution in [1.29, 1.82) is 0 Å². The van der Waals surface area contributed by atoms with Crippen LogP contribution < -0.4 is 0 Å². The smallest absolute Gasteiger partial charge is 0.378 e. The van der Waals surface area contributed by atoms with E-state index in [1.165, 1.54) is 6.92 Å². The van der Waals surface area contributed by atoms with Crippen LogP contribution in [0.15, 0.2) is 23.8 Å². The molecule has 0 aromatic heterocycles. The number of rotatable bonds is 5. The topological polar surface area (TPSA) is 69.7 Å². The number of allylic oxidation sites excluding steroid dienone is 1. The first-order valence-corrected chi connectivity index (χ1v) is 5.64. The maximum atomic E-state index is 11.4. The molecule has 0 saturated carbocycles. The van der Waals surface area contributed by atoms with Crippen molar-refractivity contribution in [3.63, 3.8) is 0 Å². The van der Waals surface area contributed by atoms with Crippen molar-refractivity contribution in [1.82, 2.24) is 0 Å². The highest BCUT2D eigenvalue weighted by atomic mass is 16.6. The second-order valence-corrected chi connectivity index (χ2v) is 4.28. The molecule has 1 aliphatic rings. The molecule has 0 amide bonds. The predicted octanol–water partition coefficient (Wildman–Crippen LogP) is 1.33. The average molecular weight is 252 g/mol. The molecule has 0 aromatic carbocycles. The van der Waals surface area contributed by atoms with Crippen LogP contribution in [0.3, 0.4) is 0 Å². The number of ketones is 1. The Morgan fingerprint density at radius 2 is 2.06 bits per heavy atom. The third-order valence-corrected chi connectivity index (χ3v) is 2.46. The van der Waals surface area contributed by atoms with Gasteiger partial charge >= 0.3 is 11.9 Å². The van der Waals surface area contributed by atoms with E-state index in [2.05, 4.69) is 11.3 Å². The molecule has 0 aromatic rings. The predicted molar refractivity (Wildman–Crippen MR) is 63.7 cm³/mol. The third kappa shape index (κ3) is 4.16. The van der Waals surface area contributed by atoms with Crippen LogP contribution in [0.4, 0.5) is 0 Å². The first-order chi connectivity index (χ1) is 8.40.